The van der Waals surface area contributed by atoms with Crippen molar-refractivity contribution in [3.05, 3.63) is 72.3 Å². The van der Waals surface area contributed by atoms with Gasteiger partial charge < -0.3 is 15.7 Å². The quantitative estimate of drug-likeness (QED) is 0.307. The monoisotopic (exact) mass is 387 g/mol. The van der Waals surface area contributed by atoms with Crippen molar-refractivity contribution < 1.29 is 5.11 Å². The fourth-order valence-electron chi connectivity index (χ4n) is 4.13. The minimum atomic E-state index is 0.226. The third-order valence-corrected chi connectivity index (χ3v) is 5.88. The van der Waals surface area contributed by atoms with Crippen LogP contribution in [0.3, 0.4) is 0 Å². The van der Waals surface area contributed by atoms with Crippen molar-refractivity contribution in [3.63, 3.8) is 0 Å². The number of nitrogens with zero attached hydrogens (tertiary/aromatic N) is 1. The van der Waals surface area contributed by atoms with Crippen molar-refractivity contribution in [2.45, 2.75) is 45.2 Å². The van der Waals surface area contributed by atoms with E-state index in [0.29, 0.717) is 24.2 Å². The number of phenols is 1. The second kappa shape index (κ2) is 8.99. The van der Waals surface area contributed by atoms with E-state index in [2.05, 4.69) is 60.0 Å². The largest absolute Gasteiger partial charge is 0.506 e. The molecular formula is C25H29N3O. The lowest BCUT2D eigenvalue weighted by Crippen LogP contribution is -2.44. The summed E-state index contributed by atoms with van der Waals surface area (Å²) in [6.45, 7) is 2.88. The van der Waals surface area contributed by atoms with Crippen molar-refractivity contribution in [1.82, 2.24) is 5.32 Å². The van der Waals surface area contributed by atoms with Crippen LogP contribution >= 0.6 is 0 Å². The summed E-state index contributed by atoms with van der Waals surface area (Å²) in [4.78, 5) is 4.89. The molecule has 1 fully saturated rings. The summed E-state index contributed by atoms with van der Waals surface area (Å²) >= 11 is 0. The van der Waals surface area contributed by atoms with Gasteiger partial charge in [-0.1, -0.05) is 74.4 Å². The van der Waals surface area contributed by atoms with Crippen LogP contribution in [-0.4, -0.2) is 17.1 Å². The Hall–Kier alpha value is -3.01. The van der Waals surface area contributed by atoms with Crippen molar-refractivity contribution in [1.29, 1.82) is 0 Å². The van der Waals surface area contributed by atoms with Gasteiger partial charge in [0.05, 0.1) is 12.2 Å². The van der Waals surface area contributed by atoms with E-state index in [1.54, 1.807) is 6.07 Å². The Morgan fingerprint density at radius 3 is 2.59 bits per heavy atom. The Morgan fingerprint density at radius 1 is 0.966 bits per heavy atom. The summed E-state index contributed by atoms with van der Waals surface area (Å²) in [5.74, 6) is 1.56. The molecule has 3 N–H and O–H groups in total. The van der Waals surface area contributed by atoms with Crippen LogP contribution in [0.25, 0.3) is 10.8 Å². The molecule has 0 amide bonds. The van der Waals surface area contributed by atoms with Crippen LogP contribution in [0.5, 0.6) is 5.75 Å². The minimum Gasteiger partial charge on any atom is -0.506 e. The van der Waals surface area contributed by atoms with Crippen LogP contribution in [0.15, 0.2) is 71.7 Å². The van der Waals surface area contributed by atoms with Crippen molar-refractivity contribution in [2.75, 3.05) is 5.32 Å². The van der Waals surface area contributed by atoms with Gasteiger partial charge in [0.25, 0.3) is 0 Å². The highest BCUT2D eigenvalue weighted by molar-refractivity contribution is 5.95. The molecule has 4 rings (SSSR count). The number of aliphatic imine (C=N–C) groups is 1. The predicted octanol–water partition coefficient (Wildman–Crippen LogP) is 5.68. The topological polar surface area (TPSA) is 56.7 Å². The predicted molar refractivity (Wildman–Crippen MR) is 121 cm³/mol. The normalized spacial score (nSPS) is 19.8. The molecule has 0 radical (unpaired) electrons. The van der Waals surface area contributed by atoms with E-state index in [0.717, 1.165) is 12.4 Å². The Balaban J connectivity index is 1.60. The van der Waals surface area contributed by atoms with Crippen molar-refractivity contribution in [2.24, 2.45) is 10.9 Å². The molecule has 0 saturated heterocycles. The Labute approximate surface area is 172 Å². The molecule has 3 aromatic carbocycles. The number of fused-ring (bicyclic) bond motifs is 1. The maximum Gasteiger partial charge on any atom is 0.196 e. The van der Waals surface area contributed by atoms with E-state index in [9.17, 15) is 5.11 Å². The van der Waals surface area contributed by atoms with Gasteiger partial charge in [0.2, 0.25) is 0 Å². The molecule has 1 saturated carbocycles. The lowest BCUT2D eigenvalue weighted by atomic mass is 9.86. The molecule has 4 heteroatoms. The van der Waals surface area contributed by atoms with E-state index in [-0.39, 0.29) is 5.75 Å². The molecule has 1 aliphatic carbocycles. The van der Waals surface area contributed by atoms with Crippen molar-refractivity contribution >= 4 is 22.4 Å². The average Bonchev–Trinajstić information content (AvgIpc) is 2.75. The Bertz CT molecular complexity index is 993. The van der Waals surface area contributed by atoms with Gasteiger partial charge in [-0.15, -0.1) is 0 Å². The highest BCUT2D eigenvalue weighted by Crippen LogP contribution is 2.25. The smallest absolute Gasteiger partial charge is 0.196 e. The van der Waals surface area contributed by atoms with E-state index in [1.807, 2.05) is 18.2 Å². The van der Waals surface area contributed by atoms with Gasteiger partial charge in [-0.2, -0.15) is 0 Å². The highest BCUT2D eigenvalue weighted by atomic mass is 16.3. The first kappa shape index (κ1) is 19.3. The van der Waals surface area contributed by atoms with E-state index >= 15 is 0 Å². The standard InChI is InChI=1S/C25H29N3O/c1-18-9-2-5-14-22(18)27-25(28-23-15-6-7-16-24(23)29)26-17-20-12-8-11-19-10-3-4-13-21(19)20/h3-4,6-8,10-13,15-16,18,22,29H,2,5,9,14,17H2,1H3,(H2,26,27,28). The van der Waals surface area contributed by atoms with Crippen LogP contribution in [-0.2, 0) is 6.54 Å². The van der Waals surface area contributed by atoms with Gasteiger partial charge >= 0.3 is 0 Å². The number of hydrogen-bond donors (Lipinski definition) is 3. The van der Waals surface area contributed by atoms with E-state index < -0.39 is 0 Å². The van der Waals surface area contributed by atoms with Crippen LogP contribution < -0.4 is 10.6 Å². The van der Waals surface area contributed by atoms with Crippen molar-refractivity contribution in [3.8, 4) is 5.75 Å². The van der Waals surface area contributed by atoms with Crippen LogP contribution in [0, 0.1) is 5.92 Å². The summed E-state index contributed by atoms with van der Waals surface area (Å²) in [6.07, 6.45) is 4.94. The highest BCUT2D eigenvalue weighted by Gasteiger charge is 2.22. The number of anilines is 1. The summed E-state index contributed by atoms with van der Waals surface area (Å²) in [6, 6.07) is 22.4. The van der Waals surface area contributed by atoms with E-state index in [4.69, 9.17) is 4.99 Å². The second-order valence-corrected chi connectivity index (χ2v) is 7.96. The fraction of sp³-hybridized carbons (Fsp3) is 0.320. The van der Waals surface area contributed by atoms with Gasteiger partial charge in [0.15, 0.2) is 5.96 Å². The van der Waals surface area contributed by atoms with Crippen LogP contribution in [0.1, 0.15) is 38.2 Å². The zero-order chi connectivity index (χ0) is 20.1. The molecule has 4 nitrogen and oxygen atoms in total. The zero-order valence-electron chi connectivity index (χ0n) is 16.9. The number of benzene rings is 3. The molecule has 1 aliphatic rings. The molecule has 0 aliphatic heterocycles. The lowest BCUT2D eigenvalue weighted by molar-refractivity contribution is 0.308. The van der Waals surface area contributed by atoms with Crippen LogP contribution in [0.4, 0.5) is 5.69 Å². The maximum absolute atomic E-state index is 10.2. The number of hydrogen-bond acceptors (Lipinski definition) is 2. The fourth-order valence-corrected chi connectivity index (χ4v) is 4.13. The summed E-state index contributed by atoms with van der Waals surface area (Å²) in [7, 11) is 0. The molecule has 0 bridgehead atoms. The zero-order valence-corrected chi connectivity index (χ0v) is 16.9. The van der Waals surface area contributed by atoms with E-state index in [1.165, 1.54) is 35.6 Å². The summed E-state index contributed by atoms with van der Waals surface area (Å²) < 4.78 is 0. The molecule has 0 aromatic heterocycles. The third kappa shape index (κ3) is 4.70. The number of phenolic OH excluding ortho intramolecular Hbond substituents is 1. The average molecular weight is 388 g/mol. The first-order chi connectivity index (χ1) is 14.2. The number of aromatic hydroxyl groups is 1. The number of nitrogens with one attached hydrogen (secondary N) is 2. The molecule has 29 heavy (non-hydrogen) atoms. The molecule has 150 valence electrons. The first-order valence-corrected chi connectivity index (χ1v) is 10.5. The number of rotatable bonds is 4. The molecule has 2 atom stereocenters. The van der Waals surface area contributed by atoms with Gasteiger partial charge in [-0.25, -0.2) is 4.99 Å². The maximum atomic E-state index is 10.2. The molecule has 2 unspecified atom stereocenters. The molecular weight excluding hydrogens is 358 g/mol. The molecule has 3 aromatic rings. The Kier molecular flexibility index (Phi) is 5.99. The summed E-state index contributed by atoms with van der Waals surface area (Å²) in [5, 5.41) is 19.6. The van der Waals surface area contributed by atoms with Gasteiger partial charge in [-0.05, 0) is 47.2 Å². The van der Waals surface area contributed by atoms with Crippen LogP contribution in [0.2, 0.25) is 0 Å². The molecule has 0 spiro atoms. The number of para-hydroxylation sites is 2. The van der Waals surface area contributed by atoms with Gasteiger partial charge in [0.1, 0.15) is 5.75 Å². The Morgan fingerprint density at radius 2 is 1.72 bits per heavy atom. The van der Waals surface area contributed by atoms with Gasteiger partial charge in [-0.3, -0.25) is 0 Å². The lowest BCUT2D eigenvalue weighted by Gasteiger charge is -2.31. The first-order valence-electron chi connectivity index (χ1n) is 10.5. The van der Waals surface area contributed by atoms with Gasteiger partial charge in [0, 0.05) is 6.04 Å². The third-order valence-electron chi connectivity index (χ3n) is 5.88. The molecule has 0 heterocycles. The second-order valence-electron chi connectivity index (χ2n) is 7.96. The minimum absolute atomic E-state index is 0.226. The SMILES string of the molecule is CC1CCCCC1NC(=NCc1cccc2ccccc12)Nc1ccccc1O. The number of guanidine groups is 1. The summed E-state index contributed by atoms with van der Waals surface area (Å²) in [5.41, 5.74) is 1.86.